The van der Waals surface area contributed by atoms with Gasteiger partial charge in [-0.05, 0) is 33.6 Å². The van der Waals surface area contributed by atoms with Crippen LogP contribution in [0.1, 0.15) is 33.6 Å². The second kappa shape index (κ2) is 4.24. The molecule has 3 nitrogen and oxygen atoms in total. The number of alkyl halides is 3. The minimum Gasteiger partial charge on any atom is -0.459 e. The summed E-state index contributed by atoms with van der Waals surface area (Å²) in [5.74, 6) is -0.612. The second-order valence-corrected chi connectivity index (χ2v) is 4.92. The van der Waals surface area contributed by atoms with Crippen LogP contribution in [0.25, 0.3) is 0 Å². The quantitative estimate of drug-likeness (QED) is 0.711. The molecule has 1 rings (SSSR count). The van der Waals surface area contributed by atoms with E-state index in [9.17, 15) is 18.0 Å². The Morgan fingerprint density at radius 3 is 2.19 bits per heavy atom. The van der Waals surface area contributed by atoms with Crippen LogP contribution in [-0.2, 0) is 9.53 Å². The van der Waals surface area contributed by atoms with Gasteiger partial charge < -0.3 is 4.74 Å². The molecule has 0 spiro atoms. The highest BCUT2D eigenvalue weighted by molar-refractivity contribution is 5.76. The largest absolute Gasteiger partial charge is 0.459 e. The van der Waals surface area contributed by atoms with Crippen molar-refractivity contribution in [1.29, 1.82) is 0 Å². The fourth-order valence-corrected chi connectivity index (χ4v) is 1.56. The molecule has 0 saturated carbocycles. The summed E-state index contributed by atoms with van der Waals surface area (Å²) < 4.78 is 42.0. The maximum absolute atomic E-state index is 12.3. The monoisotopic (exact) mass is 239 g/mol. The highest BCUT2D eigenvalue weighted by atomic mass is 19.4. The van der Waals surface area contributed by atoms with Gasteiger partial charge in [0.15, 0.2) is 0 Å². The summed E-state index contributed by atoms with van der Waals surface area (Å²) >= 11 is 0. The molecule has 6 heteroatoms. The van der Waals surface area contributed by atoms with E-state index in [2.05, 4.69) is 5.32 Å². The fourth-order valence-electron chi connectivity index (χ4n) is 1.56. The van der Waals surface area contributed by atoms with Crippen molar-refractivity contribution in [2.24, 2.45) is 0 Å². The molecule has 0 aliphatic carbocycles. The number of carbonyl (C=O) groups excluding carboxylic acids is 1. The molecule has 2 atom stereocenters. The minimum atomic E-state index is -4.29. The first-order valence-electron chi connectivity index (χ1n) is 5.15. The van der Waals surface area contributed by atoms with Crippen molar-refractivity contribution in [3.05, 3.63) is 0 Å². The average molecular weight is 239 g/mol. The topological polar surface area (TPSA) is 38.3 Å². The van der Waals surface area contributed by atoms with Crippen LogP contribution in [0.4, 0.5) is 13.2 Å². The number of nitrogens with one attached hydrogen (secondary N) is 1. The molecule has 1 aliphatic heterocycles. The van der Waals surface area contributed by atoms with Gasteiger partial charge in [-0.1, -0.05) is 0 Å². The normalized spacial score (nSPS) is 26.9. The smallest absolute Gasteiger partial charge is 0.403 e. The van der Waals surface area contributed by atoms with Crippen molar-refractivity contribution in [2.45, 2.75) is 57.5 Å². The third-order valence-electron chi connectivity index (χ3n) is 2.23. The van der Waals surface area contributed by atoms with Gasteiger partial charge in [0, 0.05) is 0 Å². The van der Waals surface area contributed by atoms with Gasteiger partial charge in [-0.2, -0.15) is 13.2 Å². The standard InChI is InChI=1S/C10H16F3NO2/c1-9(2,3)16-8(15)6-4-5-7(14-6)10(11,12)13/h6-7,14H,4-5H2,1-3H3/t6-,7+/m0/s1. The molecule has 16 heavy (non-hydrogen) atoms. The fraction of sp³-hybridized carbons (Fsp3) is 0.900. The van der Waals surface area contributed by atoms with E-state index < -0.39 is 29.8 Å². The summed E-state index contributed by atoms with van der Waals surface area (Å²) in [4.78, 5) is 11.5. The first kappa shape index (κ1) is 13.3. The summed E-state index contributed by atoms with van der Waals surface area (Å²) in [6.45, 7) is 5.04. The van der Waals surface area contributed by atoms with Gasteiger partial charge in [0.05, 0.1) is 0 Å². The van der Waals surface area contributed by atoms with Crippen molar-refractivity contribution in [3.8, 4) is 0 Å². The van der Waals surface area contributed by atoms with Gasteiger partial charge in [0.1, 0.15) is 17.7 Å². The molecule has 1 aliphatic rings. The van der Waals surface area contributed by atoms with Gasteiger partial charge >= 0.3 is 12.1 Å². The molecule has 0 aromatic rings. The number of hydrogen-bond donors (Lipinski definition) is 1. The van der Waals surface area contributed by atoms with Gasteiger partial charge in [-0.3, -0.25) is 10.1 Å². The van der Waals surface area contributed by atoms with E-state index in [1.807, 2.05) is 0 Å². The van der Waals surface area contributed by atoms with Crippen LogP contribution >= 0.6 is 0 Å². The van der Waals surface area contributed by atoms with E-state index in [1.165, 1.54) is 0 Å². The van der Waals surface area contributed by atoms with Crippen LogP contribution in [0.5, 0.6) is 0 Å². The van der Waals surface area contributed by atoms with Crippen molar-refractivity contribution >= 4 is 5.97 Å². The number of esters is 1. The molecule has 1 fully saturated rings. The zero-order chi connectivity index (χ0) is 12.6. The molecule has 0 bridgehead atoms. The molecular formula is C10H16F3NO2. The third-order valence-corrected chi connectivity index (χ3v) is 2.23. The third kappa shape index (κ3) is 3.66. The lowest BCUT2D eigenvalue weighted by atomic mass is 10.1. The number of hydrogen-bond acceptors (Lipinski definition) is 3. The summed E-state index contributed by atoms with van der Waals surface area (Å²) in [6.07, 6.45) is -4.21. The molecule has 0 aromatic carbocycles. The van der Waals surface area contributed by atoms with E-state index in [1.54, 1.807) is 20.8 Å². The predicted octanol–water partition coefficient (Wildman–Crippen LogP) is 2.01. The second-order valence-electron chi connectivity index (χ2n) is 4.92. The highest BCUT2D eigenvalue weighted by Gasteiger charge is 2.46. The van der Waals surface area contributed by atoms with Crippen molar-refractivity contribution in [2.75, 3.05) is 0 Å². The van der Waals surface area contributed by atoms with Crippen molar-refractivity contribution in [3.63, 3.8) is 0 Å². The SMILES string of the molecule is CC(C)(C)OC(=O)[C@@H]1CC[C@H](C(F)(F)F)N1. The van der Waals surface area contributed by atoms with Crippen LogP contribution in [0.2, 0.25) is 0 Å². The van der Waals surface area contributed by atoms with Gasteiger partial charge in [-0.15, -0.1) is 0 Å². The average Bonchev–Trinajstić information content (AvgIpc) is 2.46. The van der Waals surface area contributed by atoms with Gasteiger partial charge in [0.25, 0.3) is 0 Å². The van der Waals surface area contributed by atoms with Crippen LogP contribution in [0, 0.1) is 0 Å². The highest BCUT2D eigenvalue weighted by Crippen LogP contribution is 2.29. The zero-order valence-corrected chi connectivity index (χ0v) is 9.52. The lowest BCUT2D eigenvalue weighted by Crippen LogP contribution is -2.45. The molecule has 0 unspecified atom stereocenters. The molecular weight excluding hydrogens is 223 g/mol. The predicted molar refractivity (Wildman–Crippen MR) is 51.8 cm³/mol. The van der Waals surface area contributed by atoms with Crippen LogP contribution in [0.3, 0.4) is 0 Å². The zero-order valence-electron chi connectivity index (χ0n) is 9.52. The van der Waals surface area contributed by atoms with E-state index in [4.69, 9.17) is 4.74 Å². The number of ether oxygens (including phenoxy) is 1. The number of carbonyl (C=O) groups is 1. The lowest BCUT2D eigenvalue weighted by molar-refractivity contribution is -0.161. The van der Waals surface area contributed by atoms with Crippen LogP contribution in [-0.4, -0.2) is 29.8 Å². The lowest BCUT2D eigenvalue weighted by Gasteiger charge is -2.22. The molecule has 1 N–H and O–H groups in total. The van der Waals surface area contributed by atoms with Gasteiger partial charge in [0.2, 0.25) is 0 Å². The Morgan fingerprint density at radius 2 is 1.81 bits per heavy atom. The Bertz CT molecular complexity index is 270. The van der Waals surface area contributed by atoms with E-state index in [-0.39, 0.29) is 12.8 Å². The number of rotatable bonds is 1. The first-order chi connectivity index (χ1) is 7.09. The number of halogens is 3. The summed E-state index contributed by atoms with van der Waals surface area (Å²) in [7, 11) is 0. The molecule has 1 saturated heterocycles. The molecule has 0 radical (unpaired) electrons. The Balaban J connectivity index is 2.51. The van der Waals surface area contributed by atoms with Crippen LogP contribution in [0.15, 0.2) is 0 Å². The summed E-state index contributed by atoms with van der Waals surface area (Å²) in [6, 6.07) is -2.43. The maximum Gasteiger partial charge on any atom is 0.403 e. The van der Waals surface area contributed by atoms with Crippen LogP contribution < -0.4 is 5.32 Å². The van der Waals surface area contributed by atoms with Gasteiger partial charge in [-0.25, -0.2) is 0 Å². The molecule has 94 valence electrons. The Hall–Kier alpha value is -0.780. The van der Waals surface area contributed by atoms with Crippen molar-refractivity contribution in [1.82, 2.24) is 5.32 Å². The summed E-state index contributed by atoms with van der Waals surface area (Å²) in [5, 5.41) is 2.25. The summed E-state index contributed by atoms with van der Waals surface area (Å²) in [5.41, 5.74) is -0.672. The first-order valence-corrected chi connectivity index (χ1v) is 5.15. The Morgan fingerprint density at radius 1 is 1.25 bits per heavy atom. The van der Waals surface area contributed by atoms with E-state index in [0.717, 1.165) is 0 Å². The van der Waals surface area contributed by atoms with Crippen molar-refractivity contribution < 1.29 is 22.7 Å². The maximum atomic E-state index is 12.3. The minimum absolute atomic E-state index is 0.0760. The molecule has 0 amide bonds. The van der Waals surface area contributed by atoms with E-state index in [0.29, 0.717) is 0 Å². The Labute approximate surface area is 92.3 Å². The molecule has 1 heterocycles. The molecule has 0 aromatic heterocycles. The Kier molecular flexibility index (Phi) is 3.52. The van der Waals surface area contributed by atoms with E-state index >= 15 is 0 Å².